The van der Waals surface area contributed by atoms with Crippen LogP contribution in [0.15, 0.2) is 45.8 Å². The van der Waals surface area contributed by atoms with Crippen molar-refractivity contribution in [1.82, 2.24) is 0 Å². The van der Waals surface area contributed by atoms with Crippen molar-refractivity contribution in [2.75, 3.05) is 12.4 Å². The van der Waals surface area contributed by atoms with E-state index in [1.54, 1.807) is 0 Å². The molecule has 0 amide bonds. The fourth-order valence-electron chi connectivity index (χ4n) is 2.15. The Kier molecular flexibility index (Phi) is 5.63. The number of halogens is 1. The van der Waals surface area contributed by atoms with Gasteiger partial charge < -0.3 is 10.1 Å². The lowest BCUT2D eigenvalue weighted by molar-refractivity contribution is 0.0601. The summed E-state index contributed by atoms with van der Waals surface area (Å²) >= 11 is 3.42. The highest BCUT2D eigenvalue weighted by atomic mass is 79.9. The van der Waals surface area contributed by atoms with Crippen molar-refractivity contribution in [3.05, 3.63) is 57.6 Å². The number of aryl methyl sites for hydroxylation is 1. The summed E-state index contributed by atoms with van der Waals surface area (Å²) in [5.74, 6) is -0.644. The fourth-order valence-corrected chi connectivity index (χ4v) is 3.10. The number of hydrogen-bond acceptors (Lipinski definition) is 5. The van der Waals surface area contributed by atoms with Crippen molar-refractivity contribution in [1.29, 1.82) is 0 Å². The number of benzene rings is 2. The van der Waals surface area contributed by atoms with E-state index in [-0.39, 0.29) is 10.5 Å². The minimum Gasteiger partial charge on any atom is -0.465 e. The van der Waals surface area contributed by atoms with Gasteiger partial charge in [0.1, 0.15) is 0 Å². The molecule has 2 aromatic carbocycles. The van der Waals surface area contributed by atoms with Crippen LogP contribution in [0, 0.1) is 6.92 Å². The molecule has 0 bridgehead atoms. The van der Waals surface area contributed by atoms with Crippen molar-refractivity contribution < 1.29 is 17.9 Å². The zero-order chi connectivity index (χ0) is 17.9. The van der Waals surface area contributed by atoms with E-state index in [2.05, 4.69) is 21.2 Å². The first-order chi connectivity index (χ1) is 11.2. The zero-order valence-corrected chi connectivity index (χ0v) is 15.6. The Morgan fingerprint density at radius 3 is 2.58 bits per heavy atom. The standard InChI is InChI=1S/C16H17BrN2O4S/c1-10-3-4-12(17)7-11(10)9-19-15-6-5-13(24(18,21)22)8-14(15)16(20)23-2/h3-8,19H,9H2,1-2H3,(H2,18,21,22). The van der Waals surface area contributed by atoms with Crippen LogP contribution < -0.4 is 10.5 Å². The molecular weight excluding hydrogens is 396 g/mol. The van der Waals surface area contributed by atoms with Gasteiger partial charge in [-0.15, -0.1) is 0 Å². The quantitative estimate of drug-likeness (QED) is 0.735. The highest BCUT2D eigenvalue weighted by molar-refractivity contribution is 9.10. The summed E-state index contributed by atoms with van der Waals surface area (Å²) in [5, 5.41) is 8.25. The van der Waals surface area contributed by atoms with Gasteiger partial charge >= 0.3 is 5.97 Å². The molecule has 128 valence electrons. The van der Waals surface area contributed by atoms with Crippen molar-refractivity contribution >= 4 is 37.6 Å². The van der Waals surface area contributed by atoms with Crippen LogP contribution in [0.3, 0.4) is 0 Å². The van der Waals surface area contributed by atoms with Crippen LogP contribution in [0.2, 0.25) is 0 Å². The first kappa shape index (κ1) is 18.4. The largest absolute Gasteiger partial charge is 0.465 e. The maximum atomic E-state index is 11.9. The molecular formula is C16H17BrN2O4S. The molecule has 0 radical (unpaired) electrons. The molecule has 0 saturated heterocycles. The maximum Gasteiger partial charge on any atom is 0.340 e. The molecule has 6 nitrogen and oxygen atoms in total. The van der Waals surface area contributed by atoms with Crippen LogP contribution in [-0.2, 0) is 21.3 Å². The number of anilines is 1. The predicted molar refractivity (Wildman–Crippen MR) is 95.4 cm³/mol. The number of sulfonamides is 1. The molecule has 8 heteroatoms. The topological polar surface area (TPSA) is 98.5 Å². The average molecular weight is 413 g/mol. The summed E-state index contributed by atoms with van der Waals surface area (Å²) in [6, 6.07) is 9.94. The van der Waals surface area contributed by atoms with E-state index >= 15 is 0 Å². The van der Waals surface area contributed by atoms with Gasteiger partial charge in [-0.2, -0.15) is 0 Å². The number of rotatable bonds is 5. The van der Waals surface area contributed by atoms with Gasteiger partial charge in [0, 0.05) is 16.7 Å². The first-order valence-corrected chi connectivity index (χ1v) is 9.30. The SMILES string of the molecule is COC(=O)c1cc(S(N)(=O)=O)ccc1NCc1cc(Br)ccc1C. The molecule has 0 aromatic heterocycles. The Bertz CT molecular complexity index is 882. The Hall–Kier alpha value is -1.90. The minimum atomic E-state index is -3.91. The molecule has 0 aliphatic carbocycles. The third-order valence-electron chi connectivity index (χ3n) is 3.51. The van der Waals surface area contributed by atoms with Crippen molar-refractivity contribution in [3.8, 4) is 0 Å². The van der Waals surface area contributed by atoms with Gasteiger partial charge in [0.15, 0.2) is 0 Å². The number of methoxy groups -OCH3 is 1. The van der Waals surface area contributed by atoms with Gasteiger partial charge in [-0.25, -0.2) is 18.4 Å². The first-order valence-electron chi connectivity index (χ1n) is 6.96. The molecule has 0 saturated carbocycles. The number of esters is 1. The second-order valence-corrected chi connectivity index (χ2v) is 7.65. The van der Waals surface area contributed by atoms with Gasteiger partial charge in [-0.1, -0.05) is 22.0 Å². The lowest BCUT2D eigenvalue weighted by Gasteiger charge is -2.13. The van der Waals surface area contributed by atoms with Gasteiger partial charge in [0.05, 0.1) is 17.6 Å². The van der Waals surface area contributed by atoms with E-state index in [0.717, 1.165) is 15.6 Å². The minimum absolute atomic E-state index is 0.108. The number of hydrogen-bond donors (Lipinski definition) is 2. The van der Waals surface area contributed by atoms with E-state index in [1.807, 2.05) is 25.1 Å². The fraction of sp³-hybridized carbons (Fsp3) is 0.188. The van der Waals surface area contributed by atoms with Crippen LogP contribution in [0.25, 0.3) is 0 Å². The summed E-state index contributed by atoms with van der Waals surface area (Å²) in [6.07, 6.45) is 0. The smallest absolute Gasteiger partial charge is 0.340 e. The van der Waals surface area contributed by atoms with Gasteiger partial charge in [-0.3, -0.25) is 0 Å². The van der Waals surface area contributed by atoms with Gasteiger partial charge in [-0.05, 0) is 48.4 Å². The Morgan fingerprint density at radius 2 is 1.96 bits per heavy atom. The number of primary sulfonamides is 1. The highest BCUT2D eigenvalue weighted by Crippen LogP contribution is 2.23. The van der Waals surface area contributed by atoms with E-state index in [0.29, 0.717) is 12.2 Å². The molecule has 24 heavy (non-hydrogen) atoms. The molecule has 0 spiro atoms. The summed E-state index contributed by atoms with van der Waals surface area (Å²) in [4.78, 5) is 11.8. The number of carbonyl (C=O) groups excluding carboxylic acids is 1. The third kappa shape index (κ3) is 4.34. The number of nitrogens with two attached hydrogens (primary N) is 1. The van der Waals surface area contributed by atoms with Crippen molar-refractivity contribution in [3.63, 3.8) is 0 Å². The third-order valence-corrected chi connectivity index (χ3v) is 4.91. The Morgan fingerprint density at radius 1 is 1.25 bits per heavy atom. The summed E-state index contributed by atoms with van der Waals surface area (Å²) < 4.78 is 28.6. The van der Waals surface area contributed by atoms with Crippen LogP contribution in [0.4, 0.5) is 5.69 Å². The predicted octanol–water partition coefficient (Wildman–Crippen LogP) is 2.80. The molecule has 0 atom stereocenters. The van der Waals surface area contributed by atoms with E-state index < -0.39 is 16.0 Å². The average Bonchev–Trinajstić information content (AvgIpc) is 2.54. The normalized spacial score (nSPS) is 11.2. The summed E-state index contributed by atoms with van der Waals surface area (Å²) in [5.41, 5.74) is 2.70. The number of nitrogens with one attached hydrogen (secondary N) is 1. The lowest BCUT2D eigenvalue weighted by Crippen LogP contribution is -2.15. The molecule has 0 unspecified atom stereocenters. The van der Waals surface area contributed by atoms with Crippen LogP contribution in [0.5, 0.6) is 0 Å². The van der Waals surface area contributed by atoms with Crippen LogP contribution in [-0.4, -0.2) is 21.5 Å². The van der Waals surface area contributed by atoms with Crippen LogP contribution in [0.1, 0.15) is 21.5 Å². The summed E-state index contributed by atoms with van der Waals surface area (Å²) in [7, 11) is -2.67. The Labute approximate surface area is 149 Å². The number of ether oxygens (including phenoxy) is 1. The Balaban J connectivity index is 2.35. The molecule has 3 N–H and O–H groups in total. The zero-order valence-electron chi connectivity index (χ0n) is 13.2. The maximum absolute atomic E-state index is 11.9. The second kappa shape index (κ2) is 7.33. The number of carbonyl (C=O) groups is 1. The molecule has 2 aromatic rings. The van der Waals surface area contributed by atoms with Crippen molar-refractivity contribution in [2.24, 2.45) is 5.14 Å². The second-order valence-electron chi connectivity index (χ2n) is 5.17. The van der Waals surface area contributed by atoms with Gasteiger partial charge in [0.2, 0.25) is 10.0 Å². The monoisotopic (exact) mass is 412 g/mol. The van der Waals surface area contributed by atoms with E-state index in [4.69, 9.17) is 9.88 Å². The van der Waals surface area contributed by atoms with Crippen LogP contribution >= 0.6 is 15.9 Å². The highest BCUT2D eigenvalue weighted by Gasteiger charge is 2.17. The van der Waals surface area contributed by atoms with Gasteiger partial charge in [0.25, 0.3) is 0 Å². The summed E-state index contributed by atoms with van der Waals surface area (Å²) in [6.45, 7) is 2.44. The molecule has 0 fully saturated rings. The van der Waals surface area contributed by atoms with Crippen molar-refractivity contribution in [2.45, 2.75) is 18.4 Å². The molecule has 0 aliphatic heterocycles. The van der Waals surface area contributed by atoms with E-state index in [1.165, 1.54) is 25.3 Å². The molecule has 2 rings (SSSR count). The molecule has 0 heterocycles. The lowest BCUT2D eigenvalue weighted by atomic mass is 10.1. The molecule has 0 aliphatic rings. The van der Waals surface area contributed by atoms with E-state index in [9.17, 15) is 13.2 Å².